The van der Waals surface area contributed by atoms with Gasteiger partial charge in [0.25, 0.3) is 0 Å². The fourth-order valence-electron chi connectivity index (χ4n) is 11.8. The van der Waals surface area contributed by atoms with Gasteiger partial charge in [-0.15, -0.1) is 5.10 Å². The minimum atomic E-state index is -1.94. The number of ether oxygens (including phenoxy) is 8. The first-order chi connectivity index (χ1) is 37.2. The summed E-state index contributed by atoms with van der Waals surface area (Å²) >= 11 is 0. The number of alkyl carbamates (subject to hydrolysis) is 2. The molecule has 3 fully saturated rings. The monoisotopic (exact) mass is 1110 g/mol. The van der Waals surface area contributed by atoms with Crippen molar-refractivity contribution in [1.82, 2.24) is 35.4 Å². The van der Waals surface area contributed by atoms with E-state index in [2.05, 4.69) is 20.9 Å². The van der Waals surface area contributed by atoms with Gasteiger partial charge in [-0.3, -0.25) is 9.69 Å². The van der Waals surface area contributed by atoms with Crippen LogP contribution in [0.15, 0.2) is 60.8 Å². The van der Waals surface area contributed by atoms with Gasteiger partial charge in [-0.05, 0) is 113 Å². The number of rotatable bonds is 15. The lowest BCUT2D eigenvalue weighted by Crippen LogP contribution is -2.61. The molecule has 442 valence electrons. The first-order valence-corrected chi connectivity index (χ1v) is 27.9. The Bertz CT molecular complexity index is 2410. The zero-order valence-electron chi connectivity index (χ0n) is 49.2. The Balaban J connectivity index is 1.29. The third kappa shape index (κ3) is 16.2. The number of hydrogen-bond acceptors (Lipinski definition) is 18. The molecule has 79 heavy (non-hydrogen) atoms. The van der Waals surface area contributed by atoms with Crippen molar-refractivity contribution in [3.63, 3.8) is 0 Å². The Hall–Kier alpha value is -4.81. The van der Waals surface area contributed by atoms with Crippen LogP contribution in [0.25, 0.3) is 0 Å². The van der Waals surface area contributed by atoms with Crippen molar-refractivity contribution in [2.45, 2.75) is 212 Å². The van der Waals surface area contributed by atoms with Crippen molar-refractivity contribution >= 4 is 18.2 Å². The molecule has 1 aromatic heterocycles. The maximum atomic E-state index is 15.0. The number of methoxy groups -OCH3 is 1. The van der Waals surface area contributed by atoms with Crippen LogP contribution in [0, 0.1) is 24.7 Å². The second-order valence-electron chi connectivity index (χ2n) is 23.5. The Kier molecular flexibility index (Phi) is 21.9. The van der Waals surface area contributed by atoms with Crippen LogP contribution < -0.4 is 10.6 Å². The molecule has 3 aromatic rings. The summed E-state index contributed by atoms with van der Waals surface area (Å²) in [6, 6.07) is 16.5. The summed E-state index contributed by atoms with van der Waals surface area (Å²) in [6.45, 7) is 20.7. The summed E-state index contributed by atoms with van der Waals surface area (Å²) in [6.07, 6.45) is -9.20. The fraction of sp³-hybridized carbons (Fsp3) is 0.707. The highest BCUT2D eigenvalue weighted by molar-refractivity contribution is 5.73. The lowest BCUT2D eigenvalue weighted by atomic mass is 9.77. The molecule has 0 aliphatic carbocycles. The summed E-state index contributed by atoms with van der Waals surface area (Å²) < 4.78 is 53.1. The maximum absolute atomic E-state index is 15.0. The van der Waals surface area contributed by atoms with Gasteiger partial charge in [0.1, 0.15) is 29.1 Å². The quantitative estimate of drug-likeness (QED) is 0.0903. The molecule has 6 rings (SSSR count). The number of benzene rings is 2. The van der Waals surface area contributed by atoms with Gasteiger partial charge in [-0.2, -0.15) is 0 Å². The molecule has 0 saturated carbocycles. The molecule has 3 saturated heterocycles. The molecule has 21 nitrogen and oxygen atoms in total. The van der Waals surface area contributed by atoms with Crippen LogP contribution in [0.4, 0.5) is 9.59 Å². The van der Waals surface area contributed by atoms with Crippen molar-refractivity contribution in [3.05, 3.63) is 83.2 Å². The van der Waals surface area contributed by atoms with E-state index in [1.807, 2.05) is 113 Å². The number of aryl methyl sites for hydroxylation is 1. The van der Waals surface area contributed by atoms with E-state index < -0.39 is 108 Å². The molecule has 3 aliphatic heterocycles. The van der Waals surface area contributed by atoms with Crippen LogP contribution in [-0.4, -0.2) is 183 Å². The number of carbonyl (C=O) groups is 3. The number of esters is 1. The minimum absolute atomic E-state index is 0.0113. The molecule has 2 aromatic carbocycles. The standard InChI is InChI=1S/C58H91N7O14/c1-16-45-58(11,71)50(78-54(68)59-29-41-20-18-17-19-21-41)39(7)64(14)31-35(3)27-56(9,70)49(77-53-47(66)44(63(12)13)26-36(4)73-53)37(5)48(38(6)52(67)75-45)76-46-28-57(10,72-15)51(40(8)74-46)79-55(69)60-30-43-33-65(62-61-43)32-42-24-22-34(2)23-25-42/h17-25,33,35-40,44-51,53,66,70-71H,16,26-32H2,1-15H3,(H,59,68)(H,60,69)/t35-,36-,37+,38-,39-,40+,44+,45-,46+,47-,48+,49-,50-,51+,53+,56-,57-,58-/m1/s1. The predicted molar refractivity (Wildman–Crippen MR) is 293 cm³/mol. The highest BCUT2D eigenvalue weighted by atomic mass is 16.7. The molecule has 2 amide bonds. The Morgan fingerprint density at radius 1 is 0.861 bits per heavy atom. The zero-order valence-corrected chi connectivity index (χ0v) is 49.2. The highest BCUT2D eigenvalue weighted by Gasteiger charge is 2.54. The normalized spacial score (nSPS) is 36.3. The number of hydrogen-bond donors (Lipinski definition) is 5. The number of carbonyl (C=O) groups excluding carboxylic acids is 3. The van der Waals surface area contributed by atoms with Gasteiger partial charge >= 0.3 is 18.2 Å². The van der Waals surface area contributed by atoms with Crippen LogP contribution in [-0.2, 0) is 62.3 Å². The SMILES string of the molecule is CC[C@H]1OC(=O)[C@H](C)[C@@H](O[C@H]2C[C@@](C)(OC)[C@@H](OC(=O)NCc3cn(Cc4ccc(C)cc4)nn3)[C@H](C)O2)[C@H](C)[C@@H](O[C@@H]2O[C@H](C)C[C@H](N(C)C)[C@H]2O)[C@](C)(O)C[C@@H](C)CN(C)[C@H](C)[C@@H](OC(=O)NCc2ccccc2)[C@]1(C)O. The topological polar surface area (TPSA) is 247 Å². The van der Waals surface area contributed by atoms with Gasteiger partial charge in [0, 0.05) is 44.6 Å². The van der Waals surface area contributed by atoms with Crippen molar-refractivity contribution in [1.29, 1.82) is 0 Å². The second-order valence-corrected chi connectivity index (χ2v) is 23.5. The first kappa shape index (κ1) is 63.4. The molecular formula is C58H91N7O14. The van der Waals surface area contributed by atoms with Crippen LogP contribution in [0.5, 0.6) is 0 Å². The Morgan fingerprint density at radius 2 is 1.51 bits per heavy atom. The van der Waals surface area contributed by atoms with E-state index in [1.54, 1.807) is 52.4 Å². The number of amides is 2. The van der Waals surface area contributed by atoms with E-state index in [-0.39, 0.29) is 50.4 Å². The van der Waals surface area contributed by atoms with Gasteiger partial charge < -0.3 is 68.7 Å². The number of nitrogens with one attached hydrogen (secondary N) is 2. The van der Waals surface area contributed by atoms with Crippen LogP contribution in [0.3, 0.4) is 0 Å². The molecule has 0 bridgehead atoms. The summed E-state index contributed by atoms with van der Waals surface area (Å²) in [4.78, 5) is 46.0. The molecule has 4 heterocycles. The van der Waals surface area contributed by atoms with Gasteiger partial charge in [-0.1, -0.05) is 86.1 Å². The van der Waals surface area contributed by atoms with Gasteiger partial charge in [-0.25, -0.2) is 14.3 Å². The summed E-state index contributed by atoms with van der Waals surface area (Å²) in [5.41, 5.74) is -1.24. The molecule has 0 unspecified atom stereocenters. The van der Waals surface area contributed by atoms with Gasteiger partial charge in [0.15, 0.2) is 24.8 Å². The van der Waals surface area contributed by atoms with E-state index in [4.69, 9.17) is 37.9 Å². The Labute approximate surface area is 467 Å². The van der Waals surface area contributed by atoms with Crippen molar-refractivity contribution in [2.24, 2.45) is 17.8 Å². The molecule has 0 spiro atoms. The number of likely N-dealkylation sites (N-methyl/N-ethyl adjacent to an activating group) is 2. The van der Waals surface area contributed by atoms with Crippen LogP contribution in [0.2, 0.25) is 0 Å². The smallest absolute Gasteiger partial charge is 0.407 e. The molecule has 3 aliphatic rings. The third-order valence-corrected chi connectivity index (χ3v) is 16.3. The van der Waals surface area contributed by atoms with Crippen LogP contribution >= 0.6 is 0 Å². The average molecular weight is 1110 g/mol. The van der Waals surface area contributed by atoms with E-state index >= 15 is 0 Å². The molecule has 21 heteroatoms. The first-order valence-electron chi connectivity index (χ1n) is 27.9. The van der Waals surface area contributed by atoms with E-state index in [0.29, 0.717) is 25.2 Å². The van der Waals surface area contributed by atoms with Crippen molar-refractivity contribution < 1.29 is 67.6 Å². The fourth-order valence-corrected chi connectivity index (χ4v) is 11.8. The lowest BCUT2D eigenvalue weighted by molar-refractivity contribution is -0.317. The number of aliphatic hydroxyl groups excluding tert-OH is 1. The molecule has 0 radical (unpaired) electrons. The largest absolute Gasteiger partial charge is 0.459 e. The second kappa shape index (κ2) is 27.3. The number of nitrogens with zero attached hydrogens (tertiary/aromatic N) is 5. The lowest BCUT2D eigenvalue weighted by Gasteiger charge is -2.49. The van der Waals surface area contributed by atoms with E-state index in [0.717, 1.165) is 16.7 Å². The highest BCUT2D eigenvalue weighted by Crippen LogP contribution is 2.41. The summed E-state index contributed by atoms with van der Waals surface area (Å²) in [5.74, 6) is -3.04. The van der Waals surface area contributed by atoms with Gasteiger partial charge in [0.05, 0.1) is 55.2 Å². The predicted octanol–water partition coefficient (Wildman–Crippen LogP) is 5.72. The van der Waals surface area contributed by atoms with Crippen LogP contribution in [0.1, 0.15) is 117 Å². The Morgan fingerprint density at radius 3 is 2.14 bits per heavy atom. The van der Waals surface area contributed by atoms with E-state index in [9.17, 15) is 29.7 Å². The number of aliphatic hydroxyl groups is 3. The maximum Gasteiger partial charge on any atom is 0.407 e. The summed E-state index contributed by atoms with van der Waals surface area (Å²) in [7, 11) is 7.09. The van der Waals surface area contributed by atoms with E-state index in [1.165, 1.54) is 14.0 Å². The zero-order chi connectivity index (χ0) is 58.1. The third-order valence-electron chi connectivity index (χ3n) is 16.3. The molecule has 18 atom stereocenters. The average Bonchev–Trinajstić information content (AvgIpc) is 3.85. The summed E-state index contributed by atoms with van der Waals surface area (Å²) in [5, 5.41) is 51.5. The van der Waals surface area contributed by atoms with Gasteiger partial charge in [0.2, 0.25) is 0 Å². The van der Waals surface area contributed by atoms with Crippen molar-refractivity contribution in [3.8, 4) is 0 Å². The number of cyclic esters (lactones) is 1. The molecule has 5 N–H and O–H groups in total. The van der Waals surface area contributed by atoms with Crippen molar-refractivity contribution in [2.75, 3.05) is 34.8 Å². The molecular weight excluding hydrogens is 1020 g/mol. The minimum Gasteiger partial charge on any atom is -0.459 e. The number of aromatic nitrogens is 3.